The molecule has 1 unspecified atom stereocenters. The van der Waals surface area contributed by atoms with E-state index in [2.05, 4.69) is 10.2 Å². The average molecular weight is 441 g/mol. The van der Waals surface area contributed by atoms with Gasteiger partial charge in [0.2, 0.25) is 5.91 Å². The third-order valence-corrected chi connectivity index (χ3v) is 5.78. The largest absolute Gasteiger partial charge is 0.326 e. The highest BCUT2D eigenvalue weighted by atomic mass is 35.5. The van der Waals surface area contributed by atoms with E-state index in [4.69, 9.17) is 11.6 Å². The first-order valence-corrected chi connectivity index (χ1v) is 10.7. The third-order valence-electron chi connectivity index (χ3n) is 5.54. The molecule has 31 heavy (non-hydrogen) atoms. The zero-order valence-corrected chi connectivity index (χ0v) is 17.7. The maximum Gasteiger partial charge on any atom is 0.228 e. The van der Waals surface area contributed by atoms with Crippen LogP contribution in [0, 0.1) is 17.6 Å². The number of carbonyl (C=O) groups excluding carboxylic acids is 1. The molecule has 160 valence electrons. The van der Waals surface area contributed by atoms with Gasteiger partial charge in [-0.1, -0.05) is 35.9 Å². The molecule has 1 heterocycles. The van der Waals surface area contributed by atoms with E-state index in [-0.39, 0.29) is 11.8 Å². The maximum atomic E-state index is 14.2. The highest BCUT2D eigenvalue weighted by Gasteiger charge is 2.26. The quantitative estimate of drug-likeness (QED) is 0.517. The molecule has 3 aromatic carbocycles. The van der Waals surface area contributed by atoms with Gasteiger partial charge in [-0.2, -0.15) is 0 Å². The molecule has 0 saturated carbocycles. The van der Waals surface area contributed by atoms with Gasteiger partial charge < -0.3 is 5.32 Å². The van der Waals surface area contributed by atoms with Gasteiger partial charge in [0.1, 0.15) is 11.6 Å². The van der Waals surface area contributed by atoms with Crippen molar-refractivity contribution >= 4 is 23.2 Å². The Labute approximate surface area is 185 Å². The molecule has 1 N–H and O–H groups in total. The Morgan fingerprint density at radius 2 is 1.90 bits per heavy atom. The lowest BCUT2D eigenvalue weighted by Gasteiger charge is -2.32. The van der Waals surface area contributed by atoms with Crippen LogP contribution in [0.3, 0.4) is 0 Å². The van der Waals surface area contributed by atoms with Crippen molar-refractivity contribution in [3.63, 3.8) is 0 Å². The molecule has 0 aromatic heterocycles. The number of hydrogen-bond acceptors (Lipinski definition) is 2. The van der Waals surface area contributed by atoms with Crippen LogP contribution >= 0.6 is 11.6 Å². The van der Waals surface area contributed by atoms with Crippen LogP contribution in [-0.4, -0.2) is 23.9 Å². The van der Waals surface area contributed by atoms with Crippen LogP contribution in [0.5, 0.6) is 0 Å². The minimum absolute atomic E-state index is 0.00546. The maximum absolute atomic E-state index is 14.2. The van der Waals surface area contributed by atoms with Gasteiger partial charge >= 0.3 is 0 Å². The number of benzene rings is 3. The van der Waals surface area contributed by atoms with Crippen molar-refractivity contribution in [1.29, 1.82) is 0 Å². The van der Waals surface area contributed by atoms with E-state index in [1.807, 2.05) is 36.4 Å². The van der Waals surface area contributed by atoms with Gasteiger partial charge in [-0.05, 0) is 66.9 Å². The minimum Gasteiger partial charge on any atom is -0.326 e. The Kier molecular flexibility index (Phi) is 6.64. The number of likely N-dealkylation sites (tertiary alicyclic amines) is 1. The zero-order chi connectivity index (χ0) is 21.8. The first-order valence-electron chi connectivity index (χ1n) is 10.3. The summed E-state index contributed by atoms with van der Waals surface area (Å²) in [5.74, 6) is -1.28. The van der Waals surface area contributed by atoms with Crippen LogP contribution in [-0.2, 0) is 11.3 Å². The molecule has 0 radical (unpaired) electrons. The van der Waals surface area contributed by atoms with Crippen molar-refractivity contribution in [1.82, 2.24) is 4.90 Å². The fourth-order valence-corrected chi connectivity index (χ4v) is 4.23. The topological polar surface area (TPSA) is 32.3 Å². The van der Waals surface area contributed by atoms with Gasteiger partial charge in [0.05, 0.1) is 5.92 Å². The predicted molar refractivity (Wildman–Crippen MR) is 120 cm³/mol. The first-order chi connectivity index (χ1) is 15.0. The van der Waals surface area contributed by atoms with E-state index >= 15 is 0 Å². The van der Waals surface area contributed by atoms with Gasteiger partial charge in [0.15, 0.2) is 0 Å². The number of anilines is 1. The third kappa shape index (κ3) is 5.49. The van der Waals surface area contributed by atoms with Gasteiger partial charge in [0.25, 0.3) is 0 Å². The van der Waals surface area contributed by atoms with E-state index in [0.717, 1.165) is 31.0 Å². The van der Waals surface area contributed by atoms with Crippen molar-refractivity contribution in [2.24, 2.45) is 5.92 Å². The van der Waals surface area contributed by atoms with Crippen LogP contribution in [0.15, 0.2) is 66.7 Å². The minimum atomic E-state index is -0.590. The number of nitrogens with one attached hydrogen (secondary N) is 1. The van der Waals surface area contributed by atoms with Crippen LogP contribution < -0.4 is 5.32 Å². The highest BCUT2D eigenvalue weighted by Crippen LogP contribution is 2.26. The Morgan fingerprint density at radius 3 is 2.71 bits per heavy atom. The number of hydrogen-bond donors (Lipinski definition) is 1. The van der Waals surface area contributed by atoms with E-state index in [1.165, 1.54) is 12.1 Å². The van der Waals surface area contributed by atoms with E-state index in [1.54, 1.807) is 12.1 Å². The molecular formula is C25H23ClF2N2O. The molecule has 0 aliphatic carbocycles. The van der Waals surface area contributed by atoms with Crippen molar-refractivity contribution in [2.75, 3.05) is 18.4 Å². The molecule has 1 amide bonds. The van der Waals surface area contributed by atoms with E-state index in [0.29, 0.717) is 34.9 Å². The fourth-order valence-electron chi connectivity index (χ4n) is 4.04. The smallest absolute Gasteiger partial charge is 0.228 e. The second kappa shape index (κ2) is 9.58. The monoisotopic (exact) mass is 440 g/mol. The predicted octanol–water partition coefficient (Wildman–Crippen LogP) is 6.14. The summed E-state index contributed by atoms with van der Waals surface area (Å²) in [5, 5.41) is 3.54. The molecule has 1 aliphatic rings. The first kappa shape index (κ1) is 21.5. The Balaban J connectivity index is 1.42. The standard InChI is InChI=1S/C25H23ClF2N2O/c26-20-7-2-8-22(13-20)29-25(31)19-6-3-11-30(16-19)15-17-4-1-5-18(12-17)23-10-9-21(27)14-24(23)28/h1-2,4-5,7-10,12-14,19H,3,6,11,15-16H2,(H,29,31). The molecule has 6 heteroatoms. The van der Waals surface area contributed by atoms with Crippen LogP contribution in [0.25, 0.3) is 11.1 Å². The molecule has 1 fully saturated rings. The summed E-state index contributed by atoms with van der Waals surface area (Å²) in [6.07, 6.45) is 1.77. The molecule has 1 atom stereocenters. The number of piperidine rings is 1. The molecular weight excluding hydrogens is 418 g/mol. The number of carbonyl (C=O) groups is 1. The lowest BCUT2D eigenvalue weighted by Crippen LogP contribution is -2.40. The summed E-state index contributed by atoms with van der Waals surface area (Å²) in [4.78, 5) is 15.0. The number of rotatable bonds is 5. The summed E-state index contributed by atoms with van der Waals surface area (Å²) in [7, 11) is 0. The second-order valence-electron chi connectivity index (χ2n) is 7.90. The van der Waals surface area contributed by atoms with Gasteiger partial charge in [0, 0.05) is 35.4 Å². The van der Waals surface area contributed by atoms with Crippen molar-refractivity contribution in [3.8, 4) is 11.1 Å². The highest BCUT2D eigenvalue weighted by molar-refractivity contribution is 6.30. The van der Waals surface area contributed by atoms with Gasteiger partial charge in [-0.15, -0.1) is 0 Å². The van der Waals surface area contributed by atoms with Gasteiger partial charge in [-0.3, -0.25) is 9.69 Å². The Hall–Kier alpha value is -2.76. The number of amides is 1. The SMILES string of the molecule is O=C(Nc1cccc(Cl)c1)C1CCCN(Cc2cccc(-c3ccc(F)cc3F)c2)C1. The summed E-state index contributed by atoms with van der Waals surface area (Å²) < 4.78 is 27.4. The number of halogens is 3. The summed E-state index contributed by atoms with van der Waals surface area (Å²) in [5.41, 5.74) is 2.81. The lowest BCUT2D eigenvalue weighted by molar-refractivity contribution is -0.121. The zero-order valence-electron chi connectivity index (χ0n) is 17.0. The van der Waals surface area contributed by atoms with Crippen molar-refractivity contribution in [2.45, 2.75) is 19.4 Å². The van der Waals surface area contributed by atoms with Crippen LogP contribution in [0.2, 0.25) is 5.02 Å². The Morgan fingerprint density at radius 1 is 1.06 bits per heavy atom. The molecule has 1 aliphatic heterocycles. The van der Waals surface area contributed by atoms with Crippen molar-refractivity contribution in [3.05, 3.63) is 89.0 Å². The normalized spacial score (nSPS) is 16.8. The fraction of sp³-hybridized carbons (Fsp3) is 0.240. The second-order valence-corrected chi connectivity index (χ2v) is 8.33. The van der Waals surface area contributed by atoms with E-state index in [9.17, 15) is 13.6 Å². The lowest BCUT2D eigenvalue weighted by atomic mass is 9.96. The van der Waals surface area contributed by atoms with Gasteiger partial charge in [-0.25, -0.2) is 8.78 Å². The molecule has 1 saturated heterocycles. The van der Waals surface area contributed by atoms with Crippen LogP contribution in [0.4, 0.5) is 14.5 Å². The molecule has 4 rings (SSSR count). The van der Waals surface area contributed by atoms with E-state index < -0.39 is 11.6 Å². The summed E-state index contributed by atoms with van der Waals surface area (Å²) in [6.45, 7) is 2.22. The Bertz CT molecular complexity index is 1090. The molecule has 3 nitrogen and oxygen atoms in total. The molecule has 0 bridgehead atoms. The van der Waals surface area contributed by atoms with Crippen LogP contribution in [0.1, 0.15) is 18.4 Å². The summed E-state index contributed by atoms with van der Waals surface area (Å²) in [6, 6.07) is 18.4. The summed E-state index contributed by atoms with van der Waals surface area (Å²) >= 11 is 6.00. The molecule has 3 aromatic rings. The molecule has 0 spiro atoms. The van der Waals surface area contributed by atoms with Crippen molar-refractivity contribution < 1.29 is 13.6 Å². The number of nitrogens with zero attached hydrogens (tertiary/aromatic N) is 1. The average Bonchev–Trinajstić information content (AvgIpc) is 2.74.